The van der Waals surface area contributed by atoms with Crippen molar-refractivity contribution in [1.29, 1.82) is 0 Å². The number of amides is 1. The van der Waals surface area contributed by atoms with Crippen molar-refractivity contribution in [2.75, 3.05) is 13.1 Å². The molecule has 0 fully saturated rings. The third kappa shape index (κ3) is 2.79. The number of aromatic nitrogens is 1. The van der Waals surface area contributed by atoms with Gasteiger partial charge in [0, 0.05) is 13.1 Å². The third-order valence-corrected chi connectivity index (χ3v) is 3.15. The summed E-state index contributed by atoms with van der Waals surface area (Å²) < 4.78 is 0. The van der Waals surface area contributed by atoms with E-state index >= 15 is 0 Å². The zero-order valence-corrected chi connectivity index (χ0v) is 10.9. The average Bonchev–Trinajstić information content (AvgIpc) is 2.31. The molecule has 0 unspecified atom stereocenters. The predicted octanol–water partition coefficient (Wildman–Crippen LogP) is 3.18. The quantitative estimate of drug-likeness (QED) is 0.580. The van der Waals surface area contributed by atoms with Crippen LogP contribution in [0.4, 0.5) is 0 Å². The van der Waals surface area contributed by atoms with Crippen molar-refractivity contribution < 1.29 is 4.79 Å². The van der Waals surface area contributed by atoms with Gasteiger partial charge in [0.1, 0.15) is 10.8 Å². The molecule has 0 spiro atoms. The molecule has 1 aromatic heterocycles. The number of halogens is 2. The molecule has 0 atom stereocenters. The zero-order valence-electron chi connectivity index (χ0n) is 9.41. The van der Waals surface area contributed by atoms with E-state index in [-0.39, 0.29) is 16.8 Å². The average molecular weight is 271 g/mol. The lowest BCUT2D eigenvalue weighted by molar-refractivity contribution is 0.0760. The molecule has 0 N–H and O–H groups in total. The van der Waals surface area contributed by atoms with Crippen molar-refractivity contribution in [1.82, 2.24) is 9.88 Å². The Hall–Kier alpha value is -1.06. The lowest BCUT2D eigenvalue weighted by Crippen LogP contribution is -2.36. The Morgan fingerprint density at radius 2 is 2.18 bits per heavy atom. The Bertz CT molecular complexity index is 485. The van der Waals surface area contributed by atoms with Gasteiger partial charge in [-0.05, 0) is 25.5 Å². The Morgan fingerprint density at radius 1 is 1.41 bits per heavy atom. The number of hydrogen-bond donors (Lipinski definition) is 0. The minimum absolute atomic E-state index is 0.162. The first kappa shape index (κ1) is 12.4. The first-order valence-corrected chi connectivity index (χ1v) is 6.10. The molecule has 1 aromatic rings. The van der Waals surface area contributed by atoms with Crippen molar-refractivity contribution in [3.8, 4) is 0 Å². The fourth-order valence-corrected chi connectivity index (χ4v) is 2.14. The smallest absolute Gasteiger partial charge is 0.274 e. The van der Waals surface area contributed by atoms with E-state index in [1.807, 2.05) is 6.92 Å². The number of hydrogen-bond acceptors (Lipinski definition) is 2. The van der Waals surface area contributed by atoms with E-state index in [0.29, 0.717) is 18.1 Å². The normalized spacial score (nSPS) is 15.7. The van der Waals surface area contributed by atoms with Crippen LogP contribution in [0.1, 0.15) is 23.8 Å². The highest BCUT2D eigenvalue weighted by atomic mass is 35.5. The van der Waals surface area contributed by atoms with Gasteiger partial charge in [0.2, 0.25) is 0 Å². The van der Waals surface area contributed by atoms with E-state index in [2.05, 4.69) is 11.1 Å². The van der Waals surface area contributed by atoms with Gasteiger partial charge in [-0.25, -0.2) is 4.98 Å². The second-order valence-electron chi connectivity index (χ2n) is 4.03. The van der Waals surface area contributed by atoms with Gasteiger partial charge in [0.05, 0.1) is 5.02 Å². The maximum atomic E-state index is 12.2. The SMILES string of the molecule is CC1=CCCN(C(=O)c2nc(Cl)ccc2Cl)C1. The van der Waals surface area contributed by atoms with E-state index in [4.69, 9.17) is 23.2 Å². The van der Waals surface area contributed by atoms with Gasteiger partial charge < -0.3 is 4.90 Å². The van der Waals surface area contributed by atoms with Crippen molar-refractivity contribution >= 4 is 29.1 Å². The summed E-state index contributed by atoms with van der Waals surface area (Å²) in [5, 5.41) is 0.619. The molecule has 0 radical (unpaired) electrons. The van der Waals surface area contributed by atoms with Gasteiger partial charge in [-0.1, -0.05) is 34.9 Å². The van der Waals surface area contributed by atoms with Crippen LogP contribution in [0.25, 0.3) is 0 Å². The summed E-state index contributed by atoms with van der Waals surface area (Å²) in [5.74, 6) is -0.162. The summed E-state index contributed by atoms with van der Waals surface area (Å²) in [7, 11) is 0. The molecule has 0 aliphatic carbocycles. The van der Waals surface area contributed by atoms with Crippen molar-refractivity contribution in [3.63, 3.8) is 0 Å². The highest BCUT2D eigenvalue weighted by Gasteiger charge is 2.21. The van der Waals surface area contributed by atoms with Crippen LogP contribution in [0.3, 0.4) is 0 Å². The van der Waals surface area contributed by atoms with Crippen LogP contribution in [0, 0.1) is 0 Å². The highest BCUT2D eigenvalue weighted by Crippen LogP contribution is 2.20. The largest absolute Gasteiger partial charge is 0.333 e. The van der Waals surface area contributed by atoms with E-state index in [0.717, 1.165) is 6.42 Å². The number of nitrogens with zero attached hydrogens (tertiary/aromatic N) is 2. The predicted molar refractivity (Wildman–Crippen MR) is 68.5 cm³/mol. The standard InChI is InChI=1S/C12H12Cl2N2O/c1-8-3-2-6-16(7-8)12(17)11-9(13)4-5-10(14)15-11/h3-5H,2,6-7H2,1H3. The van der Waals surface area contributed by atoms with E-state index in [1.54, 1.807) is 17.0 Å². The first-order valence-electron chi connectivity index (χ1n) is 5.35. The van der Waals surface area contributed by atoms with Gasteiger partial charge in [-0.3, -0.25) is 4.79 Å². The van der Waals surface area contributed by atoms with Crippen LogP contribution >= 0.6 is 23.2 Å². The number of carbonyl (C=O) groups excluding carboxylic acids is 1. The summed E-state index contributed by atoms with van der Waals surface area (Å²) in [4.78, 5) is 17.9. The lowest BCUT2D eigenvalue weighted by atomic mass is 10.1. The fourth-order valence-electron chi connectivity index (χ4n) is 1.80. The maximum Gasteiger partial charge on any atom is 0.274 e. The molecule has 0 bridgehead atoms. The van der Waals surface area contributed by atoms with Crippen LogP contribution in [0.5, 0.6) is 0 Å². The molecule has 3 nitrogen and oxygen atoms in total. The minimum atomic E-state index is -0.162. The molecular formula is C12H12Cl2N2O. The van der Waals surface area contributed by atoms with Crippen LogP contribution in [-0.2, 0) is 0 Å². The van der Waals surface area contributed by atoms with E-state index < -0.39 is 0 Å². The molecular weight excluding hydrogens is 259 g/mol. The lowest BCUT2D eigenvalue weighted by Gasteiger charge is -2.26. The zero-order chi connectivity index (χ0) is 12.4. The molecule has 1 amide bonds. The van der Waals surface area contributed by atoms with Gasteiger partial charge in [0.15, 0.2) is 0 Å². The fraction of sp³-hybridized carbons (Fsp3) is 0.333. The molecule has 0 aromatic carbocycles. The van der Waals surface area contributed by atoms with Crippen molar-refractivity contribution in [2.24, 2.45) is 0 Å². The Labute approximate surface area is 110 Å². The molecule has 5 heteroatoms. The summed E-state index contributed by atoms with van der Waals surface area (Å²) in [6, 6.07) is 3.17. The van der Waals surface area contributed by atoms with Crippen LogP contribution in [0.15, 0.2) is 23.8 Å². The first-order chi connectivity index (χ1) is 8.08. The van der Waals surface area contributed by atoms with Gasteiger partial charge in [-0.15, -0.1) is 0 Å². The Morgan fingerprint density at radius 3 is 2.88 bits per heavy atom. The Balaban J connectivity index is 2.25. The molecule has 0 saturated heterocycles. The third-order valence-electron chi connectivity index (χ3n) is 2.63. The molecule has 1 aliphatic heterocycles. The molecule has 0 saturated carbocycles. The monoisotopic (exact) mass is 270 g/mol. The van der Waals surface area contributed by atoms with Gasteiger partial charge >= 0.3 is 0 Å². The summed E-state index contributed by atoms with van der Waals surface area (Å²) >= 11 is 11.7. The number of rotatable bonds is 1. The summed E-state index contributed by atoms with van der Waals surface area (Å²) in [6.07, 6.45) is 3.01. The summed E-state index contributed by atoms with van der Waals surface area (Å²) in [5.41, 5.74) is 1.41. The highest BCUT2D eigenvalue weighted by molar-refractivity contribution is 6.34. The van der Waals surface area contributed by atoms with E-state index in [1.165, 1.54) is 5.57 Å². The van der Waals surface area contributed by atoms with Gasteiger partial charge in [0.25, 0.3) is 5.91 Å². The summed E-state index contributed by atoms with van der Waals surface area (Å²) in [6.45, 7) is 3.33. The second kappa shape index (κ2) is 5.07. The maximum absolute atomic E-state index is 12.2. The molecule has 1 aliphatic rings. The number of carbonyl (C=O) groups is 1. The van der Waals surface area contributed by atoms with Crippen LogP contribution in [-0.4, -0.2) is 28.9 Å². The van der Waals surface area contributed by atoms with Crippen molar-refractivity contribution in [3.05, 3.63) is 39.7 Å². The van der Waals surface area contributed by atoms with Crippen LogP contribution in [0.2, 0.25) is 10.2 Å². The number of pyridine rings is 1. The molecule has 90 valence electrons. The van der Waals surface area contributed by atoms with E-state index in [9.17, 15) is 4.79 Å². The molecule has 17 heavy (non-hydrogen) atoms. The van der Waals surface area contributed by atoms with Crippen LogP contribution < -0.4 is 0 Å². The Kier molecular flexibility index (Phi) is 3.69. The molecule has 2 heterocycles. The van der Waals surface area contributed by atoms with Crippen molar-refractivity contribution in [2.45, 2.75) is 13.3 Å². The molecule has 2 rings (SSSR count). The minimum Gasteiger partial charge on any atom is -0.333 e. The second-order valence-corrected chi connectivity index (χ2v) is 4.82. The topological polar surface area (TPSA) is 33.2 Å². The van der Waals surface area contributed by atoms with Gasteiger partial charge in [-0.2, -0.15) is 0 Å².